The molecule has 0 amide bonds. The minimum atomic E-state index is -2.34. The zero-order valence-corrected chi connectivity index (χ0v) is 13.9. The number of carbonyl (C=O) groups is 2. The fourth-order valence-electron chi connectivity index (χ4n) is 2.52. The van der Waals surface area contributed by atoms with E-state index in [1.807, 2.05) is 0 Å². The molecule has 1 aromatic heterocycles. The number of aliphatic hydroxyl groups is 2. The monoisotopic (exact) mass is 402 g/mol. The molecule has 15 heteroatoms. The zero-order chi connectivity index (χ0) is 21.1. The first-order valence-corrected chi connectivity index (χ1v) is 7.62. The fourth-order valence-corrected chi connectivity index (χ4v) is 2.52. The molecule has 14 nitrogen and oxygen atoms in total. The summed E-state index contributed by atoms with van der Waals surface area (Å²) < 4.78 is 20.1. The van der Waals surface area contributed by atoms with E-state index in [2.05, 4.69) is 20.3 Å². The van der Waals surface area contributed by atoms with E-state index in [0.29, 0.717) is 4.57 Å². The van der Waals surface area contributed by atoms with E-state index in [1.54, 1.807) is 0 Å². The molecule has 0 radical (unpaired) electrons. The molecule has 0 aromatic carbocycles. The molecular weight excluding hydrogens is 387 g/mol. The van der Waals surface area contributed by atoms with Crippen molar-refractivity contribution in [3.05, 3.63) is 33.2 Å². The van der Waals surface area contributed by atoms with Gasteiger partial charge in [0.15, 0.2) is 12.4 Å². The Bertz CT molecular complexity index is 873. The third-order valence-electron chi connectivity index (χ3n) is 3.90. The van der Waals surface area contributed by atoms with E-state index in [9.17, 15) is 29.0 Å². The van der Waals surface area contributed by atoms with Crippen molar-refractivity contribution in [1.29, 1.82) is 0 Å². The van der Waals surface area contributed by atoms with E-state index in [4.69, 9.17) is 20.5 Å². The largest absolute Gasteiger partial charge is 0.481 e. The number of hydrogen-bond donors (Lipinski definition) is 5. The fraction of sp³-hybridized carbons (Fsp3) is 0.538. The Kier molecular flexibility index (Phi) is 6.15. The molecule has 0 spiro atoms. The summed E-state index contributed by atoms with van der Waals surface area (Å²) in [5, 5.41) is 42.2. The average Bonchev–Trinajstić information content (AvgIpc) is 2.87. The van der Waals surface area contributed by atoms with E-state index in [1.165, 1.54) is 0 Å². The van der Waals surface area contributed by atoms with E-state index >= 15 is 0 Å². The van der Waals surface area contributed by atoms with Gasteiger partial charge < -0.3 is 30.5 Å². The summed E-state index contributed by atoms with van der Waals surface area (Å²) in [6.07, 6.45) is -5.98. The number of aliphatic carboxylic acids is 2. The van der Waals surface area contributed by atoms with Crippen LogP contribution < -0.4 is 11.0 Å². The smallest absolute Gasteiger partial charge is 0.351 e. The highest BCUT2D eigenvalue weighted by molar-refractivity contribution is 5.83. The van der Waals surface area contributed by atoms with Crippen molar-refractivity contribution in [2.45, 2.75) is 36.7 Å². The highest BCUT2D eigenvalue weighted by Gasteiger charge is 2.56. The Morgan fingerprint density at radius 1 is 1.54 bits per heavy atom. The number of ether oxygens (including phenoxy) is 1. The van der Waals surface area contributed by atoms with Crippen LogP contribution in [0.5, 0.6) is 0 Å². The van der Waals surface area contributed by atoms with E-state index in [0.717, 1.165) is 12.3 Å². The van der Waals surface area contributed by atoms with Crippen LogP contribution in [0.3, 0.4) is 0 Å². The first kappa shape index (κ1) is 21.0. The minimum absolute atomic E-state index is 0.299. The summed E-state index contributed by atoms with van der Waals surface area (Å²) in [5.41, 5.74) is 5.04. The van der Waals surface area contributed by atoms with Gasteiger partial charge in [0.1, 0.15) is 18.0 Å². The van der Waals surface area contributed by atoms with E-state index < -0.39 is 60.9 Å². The quantitative estimate of drug-likeness (QED) is 0.199. The lowest BCUT2D eigenvalue weighted by atomic mass is 10.1. The summed E-state index contributed by atoms with van der Waals surface area (Å²) in [4.78, 5) is 39.7. The number of nitrogens with one attached hydrogen (secondary N) is 1. The number of aliphatic hydroxyl groups excluding tert-OH is 2. The summed E-state index contributed by atoms with van der Waals surface area (Å²) in [7, 11) is 0. The van der Waals surface area contributed by atoms with Crippen LogP contribution in [-0.4, -0.2) is 72.6 Å². The Morgan fingerprint density at radius 2 is 2.21 bits per heavy atom. The van der Waals surface area contributed by atoms with Gasteiger partial charge in [0.25, 0.3) is 0 Å². The lowest BCUT2D eigenvalue weighted by Crippen LogP contribution is -2.43. The first-order chi connectivity index (χ1) is 13.1. The zero-order valence-electron chi connectivity index (χ0n) is 13.9. The van der Waals surface area contributed by atoms with Crippen LogP contribution in [0.2, 0.25) is 0 Å². The predicted molar refractivity (Wildman–Crippen MR) is 85.8 cm³/mol. The number of azide groups is 1. The highest BCUT2D eigenvalue weighted by atomic mass is 19.1. The Labute approximate surface area is 154 Å². The second kappa shape index (κ2) is 8.18. The second-order valence-corrected chi connectivity index (χ2v) is 5.73. The maximum Gasteiger partial charge on any atom is 0.351 e. The number of carboxylic acid groups (broad SMARTS) is 2. The number of rotatable bonds is 8. The molecule has 28 heavy (non-hydrogen) atoms. The molecule has 2 rings (SSSR count). The van der Waals surface area contributed by atoms with Crippen LogP contribution in [0.1, 0.15) is 12.6 Å². The summed E-state index contributed by atoms with van der Waals surface area (Å²) in [5.74, 6) is -3.20. The molecule has 1 fully saturated rings. The third kappa shape index (κ3) is 4.01. The molecule has 5 atom stereocenters. The molecule has 2 heterocycles. The van der Waals surface area contributed by atoms with Crippen molar-refractivity contribution in [3.8, 4) is 0 Å². The number of anilines is 1. The molecule has 1 saturated heterocycles. The molecule has 0 aliphatic carbocycles. The van der Waals surface area contributed by atoms with Crippen LogP contribution in [0.25, 0.3) is 10.4 Å². The Balaban J connectivity index is 2.29. The van der Waals surface area contributed by atoms with Gasteiger partial charge in [-0.15, -0.1) is 0 Å². The van der Waals surface area contributed by atoms with Gasteiger partial charge in [-0.25, -0.2) is 14.0 Å². The number of carboxylic acids is 2. The predicted octanol–water partition coefficient (Wildman–Crippen LogP) is -1.19. The lowest BCUT2D eigenvalue weighted by molar-refractivity contribution is -0.144. The molecule has 0 unspecified atom stereocenters. The summed E-state index contributed by atoms with van der Waals surface area (Å²) in [6, 6.07) is -0.528. The SMILES string of the molecule is [N-]=[N+]=N[C@]1(CO)O[C@@H](n2ccc(N[C@@H](CC(=O)O)C(=O)O)nc2=O)[C@@H](F)[C@@H]1O. The normalized spacial score (nSPS) is 27.6. The molecule has 0 bridgehead atoms. The lowest BCUT2D eigenvalue weighted by Gasteiger charge is -2.23. The van der Waals surface area contributed by atoms with E-state index in [-0.39, 0.29) is 5.82 Å². The third-order valence-corrected chi connectivity index (χ3v) is 3.90. The van der Waals surface area contributed by atoms with Crippen molar-refractivity contribution in [3.63, 3.8) is 0 Å². The topological polar surface area (TPSA) is 220 Å². The Hall–Kier alpha value is -3.26. The van der Waals surface area contributed by atoms with Crippen LogP contribution in [0.4, 0.5) is 10.2 Å². The molecule has 0 saturated carbocycles. The number of hydrogen-bond acceptors (Lipinski definition) is 9. The van der Waals surface area contributed by atoms with Crippen molar-refractivity contribution in [2.24, 2.45) is 5.11 Å². The van der Waals surface area contributed by atoms with Crippen LogP contribution in [0.15, 0.2) is 22.2 Å². The molecule has 1 aliphatic rings. The summed E-state index contributed by atoms with van der Waals surface area (Å²) >= 11 is 0. The van der Waals surface area contributed by atoms with Gasteiger partial charge in [-0.2, -0.15) is 4.98 Å². The van der Waals surface area contributed by atoms with Crippen LogP contribution >= 0.6 is 0 Å². The number of halogens is 1. The van der Waals surface area contributed by atoms with Gasteiger partial charge in [-0.3, -0.25) is 9.36 Å². The van der Waals surface area contributed by atoms with Crippen LogP contribution in [-0.2, 0) is 14.3 Å². The maximum atomic E-state index is 14.4. The molecule has 5 N–H and O–H groups in total. The maximum absolute atomic E-state index is 14.4. The van der Waals surface area contributed by atoms with Gasteiger partial charge in [-0.05, 0) is 11.6 Å². The van der Waals surface area contributed by atoms with Crippen molar-refractivity contribution in [2.75, 3.05) is 11.9 Å². The van der Waals surface area contributed by atoms with Crippen LogP contribution in [0, 0.1) is 0 Å². The summed E-state index contributed by atoms with van der Waals surface area (Å²) in [6.45, 7) is -1.06. The Morgan fingerprint density at radius 3 is 2.71 bits per heavy atom. The van der Waals surface area contributed by atoms with Crippen molar-refractivity contribution >= 4 is 17.8 Å². The van der Waals surface area contributed by atoms with Gasteiger partial charge in [0.2, 0.25) is 5.72 Å². The molecule has 1 aromatic rings. The number of aromatic nitrogens is 2. The minimum Gasteiger partial charge on any atom is -0.481 e. The van der Waals surface area contributed by atoms with Gasteiger partial charge >= 0.3 is 17.6 Å². The second-order valence-electron chi connectivity index (χ2n) is 5.73. The molecule has 152 valence electrons. The van der Waals surface area contributed by atoms with Crippen molar-refractivity contribution in [1.82, 2.24) is 9.55 Å². The first-order valence-electron chi connectivity index (χ1n) is 7.62. The molecule has 1 aliphatic heterocycles. The average molecular weight is 402 g/mol. The highest BCUT2D eigenvalue weighted by Crippen LogP contribution is 2.39. The molecular formula is C13H15FN6O8. The number of alkyl halides is 1. The van der Waals surface area contributed by atoms with Gasteiger partial charge in [0.05, 0.1) is 13.0 Å². The van der Waals surface area contributed by atoms with Gasteiger partial charge in [-0.1, -0.05) is 5.11 Å². The van der Waals surface area contributed by atoms with Gasteiger partial charge in [0, 0.05) is 11.1 Å². The van der Waals surface area contributed by atoms with Crippen molar-refractivity contribution < 1.29 is 39.1 Å². The standard InChI is InChI=1S/C13H15FN6O8/c14-8-9(24)13(4-21,18-19-15)28-10(8)20-2-1-6(17-12(20)27)16-5(11(25)26)3-7(22)23/h1-2,5,8-10,21,24H,3-4H2,(H,22,23)(H,25,26)(H,16,17,27)/t5-,8-,9-,10+,13+/m0/s1. The number of nitrogens with zero attached hydrogens (tertiary/aromatic N) is 5.